The Kier molecular flexibility index (Phi) is 5.95. The van der Waals surface area contributed by atoms with Crippen LogP contribution in [0, 0.1) is 5.82 Å². The van der Waals surface area contributed by atoms with Gasteiger partial charge in [0.2, 0.25) is 11.9 Å². The molecule has 0 radical (unpaired) electrons. The molecule has 4 heterocycles. The van der Waals surface area contributed by atoms with Gasteiger partial charge in [-0.05, 0) is 44.2 Å². The number of hydrogen-bond acceptors (Lipinski definition) is 7. The van der Waals surface area contributed by atoms with Gasteiger partial charge in [-0.15, -0.1) is 0 Å². The predicted octanol–water partition coefficient (Wildman–Crippen LogP) is 4.04. The third-order valence-electron chi connectivity index (χ3n) is 5.89. The molecule has 1 aromatic carbocycles. The van der Waals surface area contributed by atoms with Gasteiger partial charge in [-0.25, -0.2) is 14.4 Å². The van der Waals surface area contributed by atoms with Crippen molar-refractivity contribution in [3.8, 4) is 0 Å². The number of benzene rings is 1. The summed E-state index contributed by atoms with van der Waals surface area (Å²) in [5, 5.41) is 6.63. The van der Waals surface area contributed by atoms with Crippen molar-refractivity contribution in [2.75, 3.05) is 37.1 Å². The summed E-state index contributed by atoms with van der Waals surface area (Å²) < 4.78 is 27.5. The van der Waals surface area contributed by atoms with Crippen molar-refractivity contribution in [1.29, 1.82) is 0 Å². The minimum atomic E-state index is -0.322. The van der Waals surface area contributed by atoms with E-state index in [2.05, 4.69) is 20.2 Å². The van der Waals surface area contributed by atoms with Crippen molar-refractivity contribution in [3.05, 3.63) is 36.3 Å². The zero-order valence-corrected chi connectivity index (χ0v) is 17.4. The van der Waals surface area contributed by atoms with Crippen LogP contribution in [0.25, 0.3) is 11.2 Å². The van der Waals surface area contributed by atoms with Crippen LogP contribution in [-0.4, -0.2) is 52.0 Å². The van der Waals surface area contributed by atoms with Gasteiger partial charge in [0.25, 0.3) is 0 Å². The van der Waals surface area contributed by atoms with E-state index in [1.165, 1.54) is 6.07 Å². The van der Waals surface area contributed by atoms with Gasteiger partial charge in [0, 0.05) is 38.5 Å². The molecule has 0 saturated carbocycles. The molecule has 2 saturated heterocycles. The first-order valence-corrected chi connectivity index (χ1v) is 11.0. The average molecular weight is 426 g/mol. The first-order valence-electron chi connectivity index (χ1n) is 11.0. The normalized spacial score (nSPS) is 20.5. The van der Waals surface area contributed by atoms with E-state index in [0.717, 1.165) is 51.0 Å². The van der Waals surface area contributed by atoms with Gasteiger partial charge in [-0.1, -0.05) is 12.1 Å². The number of rotatable bonds is 5. The van der Waals surface area contributed by atoms with Crippen molar-refractivity contribution < 1.29 is 13.9 Å². The Morgan fingerprint density at radius 3 is 2.65 bits per heavy atom. The summed E-state index contributed by atoms with van der Waals surface area (Å²) in [4.78, 5) is 14.0. The summed E-state index contributed by atoms with van der Waals surface area (Å²) in [5.41, 5.74) is 1.81. The molecule has 9 heteroatoms. The van der Waals surface area contributed by atoms with Gasteiger partial charge in [0.15, 0.2) is 5.65 Å². The van der Waals surface area contributed by atoms with E-state index in [4.69, 9.17) is 19.4 Å². The van der Waals surface area contributed by atoms with Crippen LogP contribution in [0.4, 0.5) is 22.0 Å². The number of ether oxygens (including phenoxy) is 2. The highest BCUT2D eigenvalue weighted by atomic mass is 19.1. The molecule has 1 unspecified atom stereocenters. The molecule has 164 valence electrons. The first-order chi connectivity index (χ1) is 15.3. The molecule has 0 aliphatic carbocycles. The van der Waals surface area contributed by atoms with E-state index < -0.39 is 0 Å². The van der Waals surface area contributed by atoms with Crippen molar-refractivity contribution in [2.24, 2.45) is 0 Å². The van der Waals surface area contributed by atoms with E-state index in [9.17, 15) is 4.39 Å². The molecule has 0 spiro atoms. The molecule has 31 heavy (non-hydrogen) atoms. The highest BCUT2D eigenvalue weighted by molar-refractivity contribution is 5.76. The number of nitrogens with zero attached hydrogens (tertiary/aromatic N) is 4. The van der Waals surface area contributed by atoms with E-state index in [0.29, 0.717) is 36.3 Å². The van der Waals surface area contributed by atoms with Crippen LogP contribution < -0.4 is 10.6 Å². The minimum Gasteiger partial charge on any atom is -0.381 e. The van der Waals surface area contributed by atoms with Gasteiger partial charge < -0.3 is 20.1 Å². The van der Waals surface area contributed by atoms with Crippen LogP contribution in [0.15, 0.2) is 30.5 Å². The van der Waals surface area contributed by atoms with E-state index in [1.54, 1.807) is 24.4 Å². The SMILES string of the molecule is Fc1ccccc1Nc1nc2cnc(NC3CCCOCC3)nc2n1C1CCOCC1. The van der Waals surface area contributed by atoms with Gasteiger partial charge in [0.05, 0.1) is 11.9 Å². The summed E-state index contributed by atoms with van der Waals surface area (Å²) in [6, 6.07) is 7.06. The molecule has 0 bridgehead atoms. The molecule has 2 aromatic heterocycles. The van der Waals surface area contributed by atoms with Crippen LogP contribution >= 0.6 is 0 Å². The Hall–Kier alpha value is -2.78. The Bertz CT molecular complexity index is 1030. The van der Waals surface area contributed by atoms with E-state index in [1.807, 2.05) is 0 Å². The van der Waals surface area contributed by atoms with Crippen LogP contribution in [0.5, 0.6) is 0 Å². The Morgan fingerprint density at radius 1 is 0.968 bits per heavy atom. The smallest absolute Gasteiger partial charge is 0.224 e. The molecule has 8 nitrogen and oxygen atoms in total. The minimum absolute atomic E-state index is 0.169. The van der Waals surface area contributed by atoms with Crippen molar-refractivity contribution in [2.45, 2.75) is 44.2 Å². The predicted molar refractivity (Wildman–Crippen MR) is 116 cm³/mol. The monoisotopic (exact) mass is 426 g/mol. The number of aromatic nitrogens is 4. The number of fused-ring (bicyclic) bond motifs is 1. The fourth-order valence-corrected chi connectivity index (χ4v) is 4.25. The van der Waals surface area contributed by atoms with Crippen LogP contribution in [-0.2, 0) is 9.47 Å². The molecular weight excluding hydrogens is 399 g/mol. The summed E-state index contributed by atoms with van der Waals surface area (Å²) in [5.74, 6) is 0.837. The molecule has 3 aromatic rings. The Balaban J connectivity index is 1.50. The van der Waals surface area contributed by atoms with Crippen LogP contribution in [0.3, 0.4) is 0 Å². The maximum atomic E-state index is 14.3. The molecular formula is C22H27FN6O2. The summed E-state index contributed by atoms with van der Waals surface area (Å²) in [6.07, 6.45) is 6.42. The highest BCUT2D eigenvalue weighted by Crippen LogP contribution is 2.32. The number of anilines is 3. The lowest BCUT2D eigenvalue weighted by molar-refractivity contribution is 0.0710. The zero-order chi connectivity index (χ0) is 21.0. The molecule has 2 aliphatic rings. The van der Waals surface area contributed by atoms with Gasteiger partial charge in [0.1, 0.15) is 11.3 Å². The summed E-state index contributed by atoms with van der Waals surface area (Å²) in [6.45, 7) is 2.92. The third-order valence-corrected chi connectivity index (χ3v) is 5.89. The van der Waals surface area contributed by atoms with Crippen LogP contribution in [0.2, 0.25) is 0 Å². The van der Waals surface area contributed by atoms with Crippen molar-refractivity contribution >= 4 is 28.7 Å². The number of imidazole rings is 1. The van der Waals surface area contributed by atoms with Crippen molar-refractivity contribution in [3.63, 3.8) is 0 Å². The topological polar surface area (TPSA) is 86.1 Å². The zero-order valence-electron chi connectivity index (χ0n) is 17.4. The standard InChI is InChI=1S/C22H27FN6O2/c23-17-5-1-2-6-18(17)26-22-27-19-14-24-21(25-15-4-3-10-30-11-7-15)28-20(19)29(22)16-8-12-31-13-9-16/h1-2,5-6,14-16H,3-4,7-13H2,(H,26,27)(H,24,25,28). The summed E-state index contributed by atoms with van der Waals surface area (Å²) >= 11 is 0. The highest BCUT2D eigenvalue weighted by Gasteiger charge is 2.24. The van der Waals surface area contributed by atoms with Crippen molar-refractivity contribution in [1.82, 2.24) is 19.5 Å². The lowest BCUT2D eigenvalue weighted by Gasteiger charge is -2.25. The lowest BCUT2D eigenvalue weighted by Crippen LogP contribution is -2.22. The Labute approximate surface area is 180 Å². The molecule has 5 rings (SSSR count). The second kappa shape index (κ2) is 9.15. The summed E-state index contributed by atoms with van der Waals surface area (Å²) in [7, 11) is 0. The molecule has 1 atom stereocenters. The largest absolute Gasteiger partial charge is 0.381 e. The second-order valence-electron chi connectivity index (χ2n) is 8.04. The van der Waals surface area contributed by atoms with E-state index >= 15 is 0 Å². The molecule has 0 amide bonds. The number of hydrogen-bond donors (Lipinski definition) is 2. The van der Waals surface area contributed by atoms with Gasteiger partial charge >= 0.3 is 0 Å². The second-order valence-corrected chi connectivity index (χ2v) is 8.04. The number of nitrogens with one attached hydrogen (secondary N) is 2. The van der Waals surface area contributed by atoms with Gasteiger partial charge in [-0.2, -0.15) is 4.98 Å². The van der Waals surface area contributed by atoms with Gasteiger partial charge in [-0.3, -0.25) is 4.57 Å². The molecule has 2 fully saturated rings. The fourth-order valence-electron chi connectivity index (χ4n) is 4.25. The number of halogens is 1. The van der Waals surface area contributed by atoms with E-state index in [-0.39, 0.29) is 17.9 Å². The molecule has 2 aliphatic heterocycles. The quantitative estimate of drug-likeness (QED) is 0.637. The first kappa shape index (κ1) is 20.1. The third kappa shape index (κ3) is 4.47. The Morgan fingerprint density at radius 2 is 1.77 bits per heavy atom. The average Bonchev–Trinajstić information content (AvgIpc) is 2.94. The lowest BCUT2D eigenvalue weighted by atomic mass is 10.1. The maximum absolute atomic E-state index is 14.3. The fraction of sp³-hybridized carbons (Fsp3) is 0.500. The number of para-hydroxylation sites is 1. The molecule has 2 N–H and O–H groups in total. The maximum Gasteiger partial charge on any atom is 0.224 e. The van der Waals surface area contributed by atoms with Crippen LogP contribution in [0.1, 0.15) is 38.1 Å².